The lowest BCUT2D eigenvalue weighted by molar-refractivity contribution is 0.119. The lowest BCUT2D eigenvalue weighted by atomic mass is 10.4. The number of hydrogen-bond acceptors (Lipinski definition) is 3. The Morgan fingerprint density at radius 3 is 2.91 bits per heavy atom. The van der Waals surface area contributed by atoms with E-state index in [2.05, 4.69) is 11.9 Å². The number of epoxide rings is 1. The Morgan fingerprint density at radius 2 is 2.36 bits per heavy atom. The van der Waals surface area contributed by atoms with Gasteiger partial charge in [-0.1, -0.05) is 0 Å². The summed E-state index contributed by atoms with van der Waals surface area (Å²) in [6.07, 6.45) is 0.502. The normalized spacial score (nSPS) is 22.6. The summed E-state index contributed by atoms with van der Waals surface area (Å²) >= 11 is 0. The molecule has 66 valence electrons. The minimum Gasteiger partial charge on any atom is -0.380 e. The van der Waals surface area contributed by atoms with Crippen LogP contribution in [0, 0.1) is 0 Å². The summed E-state index contributed by atoms with van der Waals surface area (Å²) in [7, 11) is 2.10. The van der Waals surface area contributed by atoms with Crippen molar-refractivity contribution in [2.45, 2.75) is 13.0 Å². The van der Waals surface area contributed by atoms with Gasteiger partial charge in [-0.25, -0.2) is 0 Å². The highest BCUT2D eigenvalue weighted by Gasteiger charge is 2.23. The molecular weight excluding hydrogens is 142 g/mol. The molecule has 1 rings (SSSR count). The first-order chi connectivity index (χ1) is 5.33. The van der Waals surface area contributed by atoms with Gasteiger partial charge in [-0.05, 0) is 14.0 Å². The maximum absolute atomic E-state index is 5.22. The lowest BCUT2D eigenvalue weighted by Crippen LogP contribution is -2.27. The Kier molecular flexibility index (Phi) is 3.83. The van der Waals surface area contributed by atoms with Crippen LogP contribution in [0.3, 0.4) is 0 Å². The number of rotatable bonds is 6. The Labute approximate surface area is 68.3 Å². The molecule has 0 spiro atoms. The summed E-state index contributed by atoms with van der Waals surface area (Å²) in [5.74, 6) is 0. The second-order valence-electron chi connectivity index (χ2n) is 2.91. The summed E-state index contributed by atoms with van der Waals surface area (Å²) < 4.78 is 10.3. The smallest absolute Gasteiger partial charge is 0.0936 e. The van der Waals surface area contributed by atoms with Crippen LogP contribution < -0.4 is 0 Å². The van der Waals surface area contributed by atoms with Crippen molar-refractivity contribution in [1.82, 2.24) is 4.90 Å². The molecule has 3 nitrogen and oxygen atoms in total. The highest BCUT2D eigenvalue weighted by atomic mass is 16.6. The zero-order valence-corrected chi connectivity index (χ0v) is 7.38. The van der Waals surface area contributed by atoms with Crippen LogP contribution in [-0.2, 0) is 9.47 Å². The van der Waals surface area contributed by atoms with E-state index in [9.17, 15) is 0 Å². The average Bonchev–Trinajstić information content (AvgIpc) is 2.72. The molecule has 0 N–H and O–H groups in total. The number of likely N-dealkylation sites (N-methyl/N-ethyl adjacent to an activating group) is 1. The minimum atomic E-state index is 0.502. The van der Waals surface area contributed by atoms with Gasteiger partial charge < -0.3 is 14.4 Å². The van der Waals surface area contributed by atoms with Gasteiger partial charge >= 0.3 is 0 Å². The predicted molar refractivity (Wildman–Crippen MR) is 43.7 cm³/mol. The van der Waals surface area contributed by atoms with Gasteiger partial charge in [-0.15, -0.1) is 0 Å². The molecule has 1 aliphatic rings. The van der Waals surface area contributed by atoms with Gasteiger partial charge in [0.2, 0.25) is 0 Å². The van der Waals surface area contributed by atoms with Crippen LogP contribution in [0.15, 0.2) is 0 Å². The topological polar surface area (TPSA) is 25.0 Å². The fourth-order valence-electron chi connectivity index (χ4n) is 0.977. The molecule has 3 heteroatoms. The number of hydrogen-bond donors (Lipinski definition) is 0. The monoisotopic (exact) mass is 159 g/mol. The van der Waals surface area contributed by atoms with Crippen LogP contribution >= 0.6 is 0 Å². The first-order valence-corrected chi connectivity index (χ1v) is 4.21. The van der Waals surface area contributed by atoms with E-state index >= 15 is 0 Å². The molecule has 0 radical (unpaired) electrons. The highest BCUT2D eigenvalue weighted by Crippen LogP contribution is 2.09. The minimum absolute atomic E-state index is 0.502. The van der Waals surface area contributed by atoms with Crippen molar-refractivity contribution in [3.05, 3.63) is 0 Å². The van der Waals surface area contributed by atoms with Crippen LogP contribution in [0.1, 0.15) is 6.92 Å². The molecule has 1 fully saturated rings. The molecule has 1 unspecified atom stereocenters. The molecule has 1 heterocycles. The first kappa shape index (κ1) is 8.97. The number of nitrogens with zero attached hydrogens (tertiary/aromatic N) is 1. The molecular formula is C8H17NO2. The second kappa shape index (κ2) is 4.70. The van der Waals surface area contributed by atoms with Crippen molar-refractivity contribution in [2.24, 2.45) is 0 Å². The number of ether oxygens (including phenoxy) is 2. The fraction of sp³-hybridized carbons (Fsp3) is 1.00. The zero-order chi connectivity index (χ0) is 8.10. The van der Waals surface area contributed by atoms with Gasteiger partial charge in [0.15, 0.2) is 0 Å². The Morgan fingerprint density at radius 1 is 1.64 bits per heavy atom. The van der Waals surface area contributed by atoms with Crippen LogP contribution in [0.4, 0.5) is 0 Å². The summed E-state index contributed by atoms with van der Waals surface area (Å²) in [5, 5.41) is 0. The van der Waals surface area contributed by atoms with Crippen molar-refractivity contribution in [1.29, 1.82) is 0 Å². The van der Waals surface area contributed by atoms with Gasteiger partial charge in [0, 0.05) is 19.7 Å². The first-order valence-electron chi connectivity index (χ1n) is 4.21. The average molecular weight is 159 g/mol. The standard InChI is InChI=1S/C8H17NO2/c1-3-10-5-4-9(2)6-8-7-11-8/h8H,3-7H2,1-2H3. The third-order valence-electron chi connectivity index (χ3n) is 1.74. The Bertz CT molecular complexity index is 104. The largest absolute Gasteiger partial charge is 0.380 e. The molecule has 1 saturated heterocycles. The Hall–Kier alpha value is -0.120. The molecule has 0 amide bonds. The van der Waals surface area contributed by atoms with Gasteiger partial charge in [0.25, 0.3) is 0 Å². The molecule has 0 aliphatic carbocycles. The Balaban J connectivity index is 1.87. The van der Waals surface area contributed by atoms with Crippen molar-refractivity contribution in [3.8, 4) is 0 Å². The molecule has 11 heavy (non-hydrogen) atoms. The van der Waals surface area contributed by atoms with E-state index in [1.54, 1.807) is 0 Å². The van der Waals surface area contributed by atoms with E-state index in [0.29, 0.717) is 6.10 Å². The summed E-state index contributed by atoms with van der Waals surface area (Å²) in [5.41, 5.74) is 0. The lowest BCUT2D eigenvalue weighted by Gasteiger charge is -2.14. The summed E-state index contributed by atoms with van der Waals surface area (Å²) in [6.45, 7) is 6.66. The quantitative estimate of drug-likeness (QED) is 0.413. The molecule has 1 aliphatic heterocycles. The van der Waals surface area contributed by atoms with E-state index in [1.165, 1.54) is 0 Å². The van der Waals surface area contributed by atoms with E-state index in [0.717, 1.165) is 32.9 Å². The van der Waals surface area contributed by atoms with E-state index < -0.39 is 0 Å². The zero-order valence-electron chi connectivity index (χ0n) is 7.38. The molecule has 0 aromatic rings. The van der Waals surface area contributed by atoms with Crippen LogP contribution in [0.2, 0.25) is 0 Å². The third kappa shape index (κ3) is 4.35. The second-order valence-corrected chi connectivity index (χ2v) is 2.91. The van der Waals surface area contributed by atoms with Gasteiger partial charge in [0.1, 0.15) is 0 Å². The summed E-state index contributed by atoms with van der Waals surface area (Å²) in [4.78, 5) is 2.24. The summed E-state index contributed by atoms with van der Waals surface area (Å²) in [6, 6.07) is 0. The SMILES string of the molecule is CCOCCN(C)CC1CO1. The molecule has 0 bridgehead atoms. The van der Waals surface area contributed by atoms with E-state index in [1.807, 2.05) is 6.92 Å². The van der Waals surface area contributed by atoms with Crippen LogP contribution in [-0.4, -0.2) is 51.0 Å². The molecule has 0 aromatic heterocycles. The molecule has 0 saturated carbocycles. The molecule has 0 aromatic carbocycles. The van der Waals surface area contributed by atoms with Gasteiger partial charge in [-0.3, -0.25) is 0 Å². The van der Waals surface area contributed by atoms with Gasteiger partial charge in [0.05, 0.1) is 19.3 Å². The fourth-order valence-corrected chi connectivity index (χ4v) is 0.977. The van der Waals surface area contributed by atoms with Crippen molar-refractivity contribution in [2.75, 3.05) is 40.0 Å². The van der Waals surface area contributed by atoms with Crippen molar-refractivity contribution < 1.29 is 9.47 Å². The van der Waals surface area contributed by atoms with Crippen LogP contribution in [0.5, 0.6) is 0 Å². The van der Waals surface area contributed by atoms with Crippen molar-refractivity contribution >= 4 is 0 Å². The van der Waals surface area contributed by atoms with Crippen molar-refractivity contribution in [3.63, 3.8) is 0 Å². The van der Waals surface area contributed by atoms with Gasteiger partial charge in [-0.2, -0.15) is 0 Å². The third-order valence-corrected chi connectivity index (χ3v) is 1.74. The van der Waals surface area contributed by atoms with Crippen LogP contribution in [0.25, 0.3) is 0 Å². The maximum Gasteiger partial charge on any atom is 0.0936 e. The molecule has 1 atom stereocenters. The van der Waals surface area contributed by atoms with E-state index in [4.69, 9.17) is 9.47 Å². The predicted octanol–water partition coefficient (Wildman–Crippen LogP) is 0.353. The van der Waals surface area contributed by atoms with E-state index in [-0.39, 0.29) is 0 Å². The maximum atomic E-state index is 5.22. The highest BCUT2D eigenvalue weighted by molar-refractivity contribution is 4.72.